The van der Waals surface area contributed by atoms with E-state index in [0.717, 1.165) is 31.4 Å². The lowest BCUT2D eigenvalue weighted by Gasteiger charge is -2.33. The minimum Gasteiger partial charge on any atom is -0.317 e. The van der Waals surface area contributed by atoms with E-state index < -0.39 is 0 Å². The third kappa shape index (κ3) is 5.63. The maximum atomic E-state index is 12.3. The molecule has 0 spiro atoms. The van der Waals surface area contributed by atoms with Crippen molar-refractivity contribution in [2.24, 2.45) is 10.1 Å². The molecular weight excluding hydrogens is 290 g/mol. The highest BCUT2D eigenvalue weighted by Crippen LogP contribution is 2.25. The minimum absolute atomic E-state index is 0.00964. The highest BCUT2D eigenvalue weighted by atomic mass is 16.6. The van der Waals surface area contributed by atoms with Crippen LogP contribution in [0.5, 0.6) is 0 Å². The molecule has 0 bridgehead atoms. The van der Waals surface area contributed by atoms with Crippen molar-refractivity contribution in [3.63, 3.8) is 0 Å². The Kier molecular flexibility index (Phi) is 7.06. The maximum absolute atomic E-state index is 12.3. The summed E-state index contributed by atoms with van der Waals surface area (Å²) in [6.45, 7) is 5.38. The Bertz CT molecular complexity index is 443. The largest absolute Gasteiger partial charge is 0.324 e. The maximum Gasteiger partial charge on any atom is 0.324 e. The summed E-state index contributed by atoms with van der Waals surface area (Å²) in [4.78, 5) is 24.5. The number of oxime groups is 1. The molecule has 0 atom stereocenters. The highest BCUT2D eigenvalue weighted by Gasteiger charge is 2.30. The van der Waals surface area contributed by atoms with Crippen molar-refractivity contribution in [2.75, 3.05) is 0 Å². The molecule has 5 heteroatoms. The standard InChI is InChI=1S/C18H31N3O2/c1-14(2)20-23-18(19-16-10-6-4-7-11-16)21(15(3)22)17-12-8-5-9-13-17/h16-17H,4-13H2,1-3H3/b19-18-. The van der Waals surface area contributed by atoms with Gasteiger partial charge >= 0.3 is 6.02 Å². The number of hydrogen-bond acceptors (Lipinski definition) is 4. The van der Waals surface area contributed by atoms with Gasteiger partial charge in [0.1, 0.15) is 0 Å². The van der Waals surface area contributed by atoms with E-state index in [4.69, 9.17) is 9.83 Å². The number of rotatable bonds is 3. The quantitative estimate of drug-likeness (QED) is 0.443. The van der Waals surface area contributed by atoms with Crippen LogP contribution in [0.1, 0.15) is 85.0 Å². The molecule has 5 nitrogen and oxygen atoms in total. The Morgan fingerprint density at radius 1 is 0.913 bits per heavy atom. The molecule has 1 amide bonds. The number of amidine groups is 1. The predicted molar refractivity (Wildman–Crippen MR) is 93.6 cm³/mol. The number of hydrogen-bond donors (Lipinski definition) is 0. The van der Waals surface area contributed by atoms with Gasteiger partial charge in [-0.1, -0.05) is 43.7 Å². The molecular formula is C18H31N3O2. The van der Waals surface area contributed by atoms with Gasteiger partial charge < -0.3 is 4.84 Å². The molecule has 2 saturated carbocycles. The van der Waals surface area contributed by atoms with Gasteiger partial charge in [0.25, 0.3) is 0 Å². The van der Waals surface area contributed by atoms with Crippen LogP contribution >= 0.6 is 0 Å². The van der Waals surface area contributed by atoms with Crippen LogP contribution in [-0.2, 0) is 9.63 Å². The first-order chi connectivity index (χ1) is 11.1. The molecule has 0 aromatic heterocycles. The molecule has 0 radical (unpaired) electrons. The normalized spacial score (nSPS) is 20.9. The van der Waals surface area contributed by atoms with Gasteiger partial charge in [0.15, 0.2) is 0 Å². The summed E-state index contributed by atoms with van der Waals surface area (Å²) in [5.74, 6) is 0.00964. The average Bonchev–Trinajstić information content (AvgIpc) is 2.54. The van der Waals surface area contributed by atoms with Gasteiger partial charge in [-0.2, -0.15) is 0 Å². The van der Waals surface area contributed by atoms with Crippen molar-refractivity contribution in [1.29, 1.82) is 0 Å². The second-order valence-electron chi connectivity index (χ2n) is 7.01. The van der Waals surface area contributed by atoms with Gasteiger partial charge in [0.05, 0.1) is 11.8 Å². The summed E-state index contributed by atoms with van der Waals surface area (Å²) in [6, 6.07) is 0.880. The molecule has 0 aromatic carbocycles. The van der Waals surface area contributed by atoms with E-state index in [1.165, 1.54) is 38.5 Å². The first-order valence-electron chi connectivity index (χ1n) is 9.13. The number of nitrogens with zero attached hydrogens (tertiary/aromatic N) is 3. The van der Waals surface area contributed by atoms with Crippen LogP contribution in [0.4, 0.5) is 0 Å². The molecule has 23 heavy (non-hydrogen) atoms. The van der Waals surface area contributed by atoms with Crippen LogP contribution in [0.3, 0.4) is 0 Å². The lowest BCUT2D eigenvalue weighted by molar-refractivity contribution is -0.128. The van der Waals surface area contributed by atoms with Crippen molar-refractivity contribution in [2.45, 2.75) is 97.1 Å². The van der Waals surface area contributed by atoms with Crippen molar-refractivity contribution in [3.8, 4) is 0 Å². The topological polar surface area (TPSA) is 54.3 Å². The van der Waals surface area contributed by atoms with Gasteiger partial charge in [0, 0.05) is 13.0 Å². The fourth-order valence-corrected chi connectivity index (χ4v) is 3.52. The van der Waals surface area contributed by atoms with E-state index in [1.54, 1.807) is 11.8 Å². The smallest absolute Gasteiger partial charge is 0.317 e. The van der Waals surface area contributed by atoms with Crippen LogP contribution in [0.2, 0.25) is 0 Å². The Morgan fingerprint density at radius 2 is 1.48 bits per heavy atom. The van der Waals surface area contributed by atoms with E-state index in [9.17, 15) is 4.79 Å². The molecule has 2 fully saturated rings. The van der Waals surface area contributed by atoms with Gasteiger partial charge in [-0.15, -0.1) is 0 Å². The monoisotopic (exact) mass is 321 g/mol. The van der Waals surface area contributed by atoms with Crippen molar-refractivity contribution < 1.29 is 9.63 Å². The zero-order chi connectivity index (χ0) is 16.7. The summed E-state index contributed by atoms with van der Waals surface area (Å²) in [7, 11) is 0. The number of carbonyl (C=O) groups excluding carboxylic acids is 1. The van der Waals surface area contributed by atoms with E-state index in [2.05, 4.69) is 5.16 Å². The van der Waals surface area contributed by atoms with E-state index in [0.29, 0.717) is 6.02 Å². The Morgan fingerprint density at radius 3 is 2.00 bits per heavy atom. The van der Waals surface area contributed by atoms with E-state index in [1.807, 2.05) is 13.8 Å². The van der Waals surface area contributed by atoms with Gasteiger partial charge in [-0.05, 0) is 39.5 Å². The van der Waals surface area contributed by atoms with Crippen LogP contribution in [0.25, 0.3) is 0 Å². The molecule has 2 aliphatic rings. The minimum atomic E-state index is 0.00964. The third-order valence-corrected chi connectivity index (χ3v) is 4.66. The average molecular weight is 321 g/mol. The molecule has 2 aliphatic carbocycles. The van der Waals surface area contributed by atoms with Gasteiger partial charge in [-0.25, -0.2) is 4.99 Å². The highest BCUT2D eigenvalue weighted by molar-refractivity contribution is 5.94. The summed E-state index contributed by atoms with van der Waals surface area (Å²) >= 11 is 0. The van der Waals surface area contributed by atoms with Crippen LogP contribution in [0.15, 0.2) is 10.1 Å². The second kappa shape index (κ2) is 9.04. The second-order valence-corrected chi connectivity index (χ2v) is 7.01. The Balaban J connectivity index is 2.21. The zero-order valence-corrected chi connectivity index (χ0v) is 14.9. The fraction of sp³-hybridized carbons (Fsp3) is 0.833. The summed E-state index contributed by atoms with van der Waals surface area (Å²) in [5, 5.41) is 4.08. The first-order valence-corrected chi connectivity index (χ1v) is 9.13. The lowest BCUT2D eigenvalue weighted by Crippen LogP contribution is -2.45. The SMILES string of the molecule is CC(=O)N(/C(=N/C1CCCCC1)ON=C(C)C)C1CCCCC1. The summed E-state index contributed by atoms with van der Waals surface area (Å²) in [6.07, 6.45) is 11.5. The molecule has 0 heterocycles. The number of aliphatic imine (C=N–C) groups is 1. The van der Waals surface area contributed by atoms with Crippen LogP contribution in [0, 0.1) is 0 Å². The van der Waals surface area contributed by atoms with E-state index >= 15 is 0 Å². The summed E-state index contributed by atoms with van der Waals surface area (Å²) < 4.78 is 0. The molecule has 130 valence electrons. The van der Waals surface area contributed by atoms with Crippen molar-refractivity contribution >= 4 is 17.6 Å². The van der Waals surface area contributed by atoms with E-state index in [-0.39, 0.29) is 18.0 Å². The molecule has 0 saturated heterocycles. The van der Waals surface area contributed by atoms with Crippen LogP contribution in [-0.4, -0.2) is 34.6 Å². The lowest BCUT2D eigenvalue weighted by atomic mass is 9.94. The Labute approximate surface area is 140 Å². The molecule has 0 aromatic rings. The van der Waals surface area contributed by atoms with Crippen LogP contribution < -0.4 is 0 Å². The third-order valence-electron chi connectivity index (χ3n) is 4.66. The molecule has 0 unspecified atom stereocenters. The Hall–Kier alpha value is -1.39. The summed E-state index contributed by atoms with van der Waals surface area (Å²) in [5.41, 5.74) is 0.827. The molecule has 0 N–H and O–H groups in total. The van der Waals surface area contributed by atoms with Crippen molar-refractivity contribution in [3.05, 3.63) is 0 Å². The molecule has 0 aliphatic heterocycles. The predicted octanol–water partition coefficient (Wildman–Crippen LogP) is 4.27. The zero-order valence-electron chi connectivity index (χ0n) is 14.9. The van der Waals surface area contributed by atoms with Gasteiger partial charge in [-0.3, -0.25) is 9.69 Å². The van der Waals surface area contributed by atoms with Crippen molar-refractivity contribution in [1.82, 2.24) is 4.90 Å². The molecule has 2 rings (SSSR count). The first kappa shape index (κ1) is 18.0. The fourth-order valence-electron chi connectivity index (χ4n) is 3.52. The number of carbonyl (C=O) groups is 1. The van der Waals surface area contributed by atoms with Gasteiger partial charge in [0.2, 0.25) is 5.91 Å². The number of amides is 1.